The molecule has 1 aromatic rings. The van der Waals surface area contributed by atoms with E-state index in [1.54, 1.807) is 19.2 Å². The Bertz CT molecular complexity index is 419. The van der Waals surface area contributed by atoms with Gasteiger partial charge in [-0.05, 0) is 43.4 Å². The van der Waals surface area contributed by atoms with Gasteiger partial charge >= 0.3 is 0 Å². The van der Waals surface area contributed by atoms with Gasteiger partial charge in [-0.3, -0.25) is 4.79 Å². The third kappa shape index (κ3) is 3.33. The maximum absolute atomic E-state index is 11.7. The van der Waals surface area contributed by atoms with E-state index in [1.165, 1.54) is 0 Å². The number of pyridine rings is 1. The van der Waals surface area contributed by atoms with Crippen molar-refractivity contribution in [3.63, 3.8) is 0 Å². The van der Waals surface area contributed by atoms with Crippen molar-refractivity contribution < 1.29 is 4.79 Å². The van der Waals surface area contributed by atoms with Crippen molar-refractivity contribution in [2.24, 2.45) is 5.92 Å². The van der Waals surface area contributed by atoms with Crippen LogP contribution in [0.15, 0.2) is 18.3 Å². The summed E-state index contributed by atoms with van der Waals surface area (Å²) >= 11 is 11.6. The fourth-order valence-electron chi connectivity index (χ4n) is 1.78. The number of alkyl halides is 1. The van der Waals surface area contributed by atoms with Crippen LogP contribution in [0.25, 0.3) is 0 Å². The van der Waals surface area contributed by atoms with Crippen molar-refractivity contribution in [2.75, 3.05) is 0 Å². The molecule has 92 valence electrons. The number of carbonyl (C=O) groups excluding carboxylic acids is 1. The Morgan fingerprint density at radius 1 is 1.59 bits per heavy atom. The van der Waals surface area contributed by atoms with Crippen molar-refractivity contribution in [3.8, 4) is 0 Å². The van der Waals surface area contributed by atoms with Gasteiger partial charge in [-0.15, -0.1) is 11.6 Å². The Balaban J connectivity index is 2.15. The molecule has 0 saturated heterocycles. The fourth-order valence-corrected chi connectivity index (χ4v) is 2.03. The van der Waals surface area contributed by atoms with Crippen LogP contribution >= 0.6 is 23.2 Å². The Morgan fingerprint density at radius 2 is 2.29 bits per heavy atom. The topological polar surface area (TPSA) is 42.0 Å². The summed E-state index contributed by atoms with van der Waals surface area (Å²) in [6.45, 7) is 1.67. The van der Waals surface area contributed by atoms with Crippen molar-refractivity contribution >= 4 is 29.1 Å². The van der Waals surface area contributed by atoms with Crippen LogP contribution in [0.5, 0.6) is 0 Å². The average molecular weight is 273 g/mol. The van der Waals surface area contributed by atoms with Gasteiger partial charge in [0.25, 0.3) is 0 Å². The number of aromatic nitrogens is 1. The van der Waals surface area contributed by atoms with Gasteiger partial charge < -0.3 is 5.32 Å². The molecule has 17 heavy (non-hydrogen) atoms. The number of hydrogen-bond acceptors (Lipinski definition) is 2. The van der Waals surface area contributed by atoms with E-state index in [0.717, 1.165) is 18.4 Å². The highest BCUT2D eigenvalue weighted by Gasteiger charge is 2.34. The molecule has 0 bridgehead atoms. The summed E-state index contributed by atoms with van der Waals surface area (Å²) in [5.41, 5.74) is 0.998. The summed E-state index contributed by atoms with van der Waals surface area (Å²) in [6.07, 6.45) is 3.91. The lowest BCUT2D eigenvalue weighted by Crippen LogP contribution is -2.34. The van der Waals surface area contributed by atoms with Gasteiger partial charge in [0.15, 0.2) is 0 Å². The molecule has 1 aliphatic rings. The van der Waals surface area contributed by atoms with E-state index < -0.39 is 5.38 Å². The van der Waals surface area contributed by atoms with Crippen LogP contribution in [-0.4, -0.2) is 16.3 Å². The zero-order chi connectivity index (χ0) is 12.4. The zero-order valence-electron chi connectivity index (χ0n) is 9.49. The molecule has 2 atom stereocenters. The molecule has 3 nitrogen and oxygen atoms in total. The molecule has 1 fully saturated rings. The highest BCUT2D eigenvalue weighted by atomic mass is 35.5. The lowest BCUT2D eigenvalue weighted by atomic mass is 10.0. The normalized spacial score (nSPS) is 18.5. The monoisotopic (exact) mass is 272 g/mol. The molecule has 1 saturated carbocycles. The van der Waals surface area contributed by atoms with E-state index in [4.69, 9.17) is 23.2 Å². The summed E-state index contributed by atoms with van der Waals surface area (Å²) in [5.74, 6) is 0.351. The summed E-state index contributed by atoms with van der Waals surface area (Å²) in [6, 6.07) is 3.68. The highest BCUT2D eigenvalue weighted by Crippen LogP contribution is 2.41. The second-order valence-corrected chi connectivity index (χ2v) is 5.39. The molecule has 0 spiro atoms. The van der Waals surface area contributed by atoms with Crippen LogP contribution in [0.4, 0.5) is 0 Å². The average Bonchev–Trinajstić information content (AvgIpc) is 3.09. The number of rotatable bonds is 4. The van der Waals surface area contributed by atoms with Crippen LogP contribution in [0.2, 0.25) is 5.15 Å². The molecule has 1 N–H and O–H groups in total. The predicted octanol–water partition coefficient (Wildman–Crippen LogP) is 2.93. The Kier molecular flexibility index (Phi) is 3.89. The van der Waals surface area contributed by atoms with Crippen molar-refractivity contribution in [1.29, 1.82) is 0 Å². The molecule has 2 unspecified atom stereocenters. The molecule has 1 heterocycles. The van der Waals surface area contributed by atoms with E-state index in [1.807, 2.05) is 6.07 Å². The third-order valence-electron chi connectivity index (χ3n) is 2.86. The number of nitrogens with one attached hydrogen (secondary N) is 1. The number of halogens is 2. The summed E-state index contributed by atoms with van der Waals surface area (Å²) in [4.78, 5) is 15.6. The third-order valence-corrected chi connectivity index (χ3v) is 3.27. The maximum atomic E-state index is 11.7. The Hall–Kier alpha value is -0.800. The van der Waals surface area contributed by atoms with Crippen LogP contribution in [0.3, 0.4) is 0 Å². The smallest absolute Gasteiger partial charge is 0.238 e. The van der Waals surface area contributed by atoms with Gasteiger partial charge in [-0.2, -0.15) is 0 Å². The van der Waals surface area contributed by atoms with Gasteiger partial charge in [0.1, 0.15) is 10.5 Å². The number of hydrogen-bond donors (Lipinski definition) is 1. The van der Waals surface area contributed by atoms with E-state index in [2.05, 4.69) is 10.3 Å². The summed E-state index contributed by atoms with van der Waals surface area (Å²) in [7, 11) is 0. The summed E-state index contributed by atoms with van der Waals surface area (Å²) in [5, 5.41) is 2.89. The second kappa shape index (κ2) is 5.23. The van der Waals surface area contributed by atoms with Crippen molar-refractivity contribution in [1.82, 2.24) is 10.3 Å². The molecule has 2 rings (SSSR count). The molecule has 0 aliphatic heterocycles. The largest absolute Gasteiger partial charge is 0.348 e. The number of carbonyl (C=O) groups is 1. The van der Waals surface area contributed by atoms with Gasteiger partial charge in [-0.25, -0.2) is 4.98 Å². The maximum Gasteiger partial charge on any atom is 0.238 e. The highest BCUT2D eigenvalue weighted by molar-refractivity contribution is 6.30. The molecule has 1 amide bonds. The van der Waals surface area contributed by atoms with E-state index >= 15 is 0 Å². The molecule has 1 aliphatic carbocycles. The van der Waals surface area contributed by atoms with Crippen LogP contribution < -0.4 is 5.32 Å². The number of nitrogens with zero attached hydrogens (tertiary/aromatic N) is 1. The first-order chi connectivity index (χ1) is 8.08. The van der Waals surface area contributed by atoms with Crippen molar-refractivity contribution in [2.45, 2.75) is 31.2 Å². The fraction of sp³-hybridized carbons (Fsp3) is 0.500. The van der Waals surface area contributed by atoms with Crippen LogP contribution in [0, 0.1) is 5.92 Å². The quantitative estimate of drug-likeness (QED) is 0.677. The van der Waals surface area contributed by atoms with E-state index in [-0.39, 0.29) is 11.9 Å². The minimum absolute atomic E-state index is 0.00389. The van der Waals surface area contributed by atoms with E-state index in [9.17, 15) is 4.79 Å². The summed E-state index contributed by atoms with van der Waals surface area (Å²) < 4.78 is 0. The molecule has 1 aromatic heterocycles. The minimum Gasteiger partial charge on any atom is -0.348 e. The standard InChI is InChI=1S/C12H14Cl2N2O/c1-7(13)12(17)16-11(8-2-3-8)9-4-5-15-10(14)6-9/h4-8,11H,2-3H2,1H3,(H,16,17). The van der Waals surface area contributed by atoms with Gasteiger partial charge in [0.05, 0.1) is 6.04 Å². The lowest BCUT2D eigenvalue weighted by molar-refractivity contribution is -0.121. The number of amides is 1. The molecular weight excluding hydrogens is 259 g/mol. The minimum atomic E-state index is -0.520. The SMILES string of the molecule is CC(Cl)C(=O)NC(c1ccnc(Cl)c1)C1CC1. The van der Waals surface area contributed by atoms with Gasteiger partial charge in [-0.1, -0.05) is 11.6 Å². The Morgan fingerprint density at radius 3 is 2.82 bits per heavy atom. The Labute approximate surface area is 111 Å². The zero-order valence-corrected chi connectivity index (χ0v) is 11.0. The first-order valence-corrected chi connectivity index (χ1v) is 6.45. The van der Waals surface area contributed by atoms with Gasteiger partial charge in [0.2, 0.25) is 5.91 Å². The molecule has 5 heteroatoms. The first kappa shape index (κ1) is 12.7. The molecular formula is C12H14Cl2N2O. The van der Waals surface area contributed by atoms with Crippen LogP contribution in [0.1, 0.15) is 31.4 Å². The molecule has 0 aromatic carbocycles. The molecule has 0 radical (unpaired) electrons. The predicted molar refractivity (Wildman–Crippen MR) is 68.2 cm³/mol. The van der Waals surface area contributed by atoms with Gasteiger partial charge in [0, 0.05) is 6.20 Å². The van der Waals surface area contributed by atoms with E-state index in [0.29, 0.717) is 11.1 Å². The van der Waals surface area contributed by atoms with Crippen molar-refractivity contribution in [3.05, 3.63) is 29.0 Å². The van der Waals surface area contributed by atoms with Crippen LogP contribution in [-0.2, 0) is 4.79 Å². The second-order valence-electron chi connectivity index (χ2n) is 4.35. The first-order valence-electron chi connectivity index (χ1n) is 5.64. The lowest BCUT2D eigenvalue weighted by Gasteiger charge is -2.19.